The lowest BCUT2D eigenvalue weighted by Gasteiger charge is -2.26. The normalized spacial score (nSPS) is 24.0. The maximum Gasteiger partial charge on any atom is 0.273 e. The van der Waals surface area contributed by atoms with Gasteiger partial charge in [-0.15, -0.1) is 11.3 Å². The minimum atomic E-state index is 0.0874. The molecule has 1 aromatic heterocycles. The summed E-state index contributed by atoms with van der Waals surface area (Å²) >= 11 is 1.58. The van der Waals surface area contributed by atoms with E-state index in [1.807, 2.05) is 28.5 Å². The molecule has 3 aromatic rings. The van der Waals surface area contributed by atoms with Gasteiger partial charge in [0.05, 0.1) is 5.01 Å². The summed E-state index contributed by atoms with van der Waals surface area (Å²) in [5.74, 6) is 1.12. The molecule has 2 aliphatic heterocycles. The molecule has 0 radical (unpaired) electrons. The molecular weight excluding hydrogens is 378 g/mol. The third-order valence-electron chi connectivity index (χ3n) is 6.29. The summed E-state index contributed by atoms with van der Waals surface area (Å²) in [6, 6.07) is 21.4. The lowest BCUT2D eigenvalue weighted by Crippen LogP contribution is -2.33. The topological polar surface area (TPSA) is 36.4 Å². The van der Waals surface area contributed by atoms with Gasteiger partial charge in [-0.05, 0) is 24.1 Å². The number of hydrogen-bond acceptors (Lipinski definition) is 4. The third-order valence-corrected chi connectivity index (χ3v) is 7.14. The Morgan fingerprint density at radius 2 is 1.76 bits per heavy atom. The van der Waals surface area contributed by atoms with Crippen molar-refractivity contribution < 1.29 is 4.79 Å². The molecule has 0 bridgehead atoms. The van der Waals surface area contributed by atoms with Crippen LogP contribution in [-0.2, 0) is 6.42 Å². The first-order valence-corrected chi connectivity index (χ1v) is 11.1. The van der Waals surface area contributed by atoms with Crippen LogP contribution in [0.25, 0.3) is 0 Å². The number of carbonyl (C=O) groups is 1. The zero-order chi connectivity index (χ0) is 19.8. The first kappa shape index (κ1) is 18.5. The Bertz CT molecular complexity index is 988. The quantitative estimate of drug-likeness (QED) is 0.658. The third kappa shape index (κ3) is 3.61. The first-order valence-electron chi connectivity index (χ1n) is 10.2. The second kappa shape index (κ2) is 7.73. The van der Waals surface area contributed by atoms with Crippen LogP contribution in [0, 0.1) is 11.8 Å². The fourth-order valence-corrected chi connectivity index (χ4v) is 5.80. The molecule has 2 fully saturated rings. The molecule has 148 valence electrons. The first-order chi connectivity index (χ1) is 14.2. The maximum atomic E-state index is 13.1. The second-order valence-electron chi connectivity index (χ2n) is 8.22. The van der Waals surface area contributed by atoms with E-state index in [1.54, 1.807) is 11.3 Å². The van der Waals surface area contributed by atoms with Crippen molar-refractivity contribution in [3.05, 3.63) is 87.9 Å². The van der Waals surface area contributed by atoms with Crippen LogP contribution in [0.2, 0.25) is 0 Å². The molecule has 0 N–H and O–H groups in total. The lowest BCUT2D eigenvalue weighted by atomic mass is 9.90. The predicted octanol–water partition coefficient (Wildman–Crippen LogP) is 4.11. The van der Waals surface area contributed by atoms with Crippen molar-refractivity contribution in [1.29, 1.82) is 0 Å². The van der Waals surface area contributed by atoms with E-state index < -0.39 is 0 Å². The molecule has 0 spiro atoms. The van der Waals surface area contributed by atoms with E-state index in [4.69, 9.17) is 0 Å². The summed E-state index contributed by atoms with van der Waals surface area (Å²) in [6.07, 6.45) is 0.783. The zero-order valence-corrected chi connectivity index (χ0v) is 17.4. The number of rotatable bonds is 4. The van der Waals surface area contributed by atoms with E-state index in [-0.39, 0.29) is 5.91 Å². The van der Waals surface area contributed by atoms with Crippen LogP contribution in [0.3, 0.4) is 0 Å². The molecule has 1 amide bonds. The standard InChI is InChI=1S/C24H25N3OS/c1-26-13-19-14-27(15-20(19)23(26)18-10-6-3-7-11-18)24(28)21-16-29-22(25-21)12-17-8-4-2-5-9-17/h2-11,16,19-20,23H,12-15H2,1H3/t19-,20+,23-/m0/s1. The minimum Gasteiger partial charge on any atom is -0.337 e. The van der Waals surface area contributed by atoms with E-state index in [0.29, 0.717) is 23.6 Å². The van der Waals surface area contributed by atoms with E-state index >= 15 is 0 Å². The smallest absolute Gasteiger partial charge is 0.273 e. The van der Waals surface area contributed by atoms with Gasteiger partial charge in [-0.2, -0.15) is 0 Å². The number of benzene rings is 2. The van der Waals surface area contributed by atoms with Gasteiger partial charge in [0, 0.05) is 43.4 Å². The van der Waals surface area contributed by atoms with Gasteiger partial charge in [-0.1, -0.05) is 60.7 Å². The molecule has 2 saturated heterocycles. The van der Waals surface area contributed by atoms with Crippen LogP contribution in [0.5, 0.6) is 0 Å². The van der Waals surface area contributed by atoms with Crippen molar-refractivity contribution in [2.24, 2.45) is 11.8 Å². The van der Waals surface area contributed by atoms with Gasteiger partial charge in [0.15, 0.2) is 0 Å². The molecule has 29 heavy (non-hydrogen) atoms. The van der Waals surface area contributed by atoms with Crippen molar-refractivity contribution in [2.45, 2.75) is 12.5 Å². The molecule has 5 rings (SSSR count). The summed E-state index contributed by atoms with van der Waals surface area (Å²) in [7, 11) is 2.21. The van der Waals surface area contributed by atoms with Crippen molar-refractivity contribution in [1.82, 2.24) is 14.8 Å². The molecule has 3 heterocycles. The van der Waals surface area contributed by atoms with Gasteiger partial charge in [-0.25, -0.2) is 4.98 Å². The van der Waals surface area contributed by atoms with Crippen molar-refractivity contribution in [3.63, 3.8) is 0 Å². The highest BCUT2D eigenvalue weighted by Crippen LogP contribution is 2.44. The number of amides is 1. The van der Waals surface area contributed by atoms with Gasteiger partial charge >= 0.3 is 0 Å². The number of nitrogens with zero attached hydrogens (tertiary/aromatic N) is 3. The van der Waals surface area contributed by atoms with Gasteiger partial charge in [0.2, 0.25) is 0 Å². The Kier molecular flexibility index (Phi) is 4.94. The van der Waals surface area contributed by atoms with Crippen LogP contribution >= 0.6 is 11.3 Å². The molecule has 3 atom stereocenters. The van der Waals surface area contributed by atoms with E-state index in [0.717, 1.165) is 31.1 Å². The van der Waals surface area contributed by atoms with Crippen molar-refractivity contribution >= 4 is 17.2 Å². The zero-order valence-electron chi connectivity index (χ0n) is 16.6. The Balaban J connectivity index is 1.29. The number of carbonyl (C=O) groups excluding carboxylic acids is 1. The highest BCUT2D eigenvalue weighted by molar-refractivity contribution is 7.09. The van der Waals surface area contributed by atoms with Gasteiger partial charge in [0.25, 0.3) is 5.91 Å². The minimum absolute atomic E-state index is 0.0874. The second-order valence-corrected chi connectivity index (χ2v) is 9.16. The molecule has 5 heteroatoms. The molecule has 4 nitrogen and oxygen atoms in total. The van der Waals surface area contributed by atoms with Crippen LogP contribution < -0.4 is 0 Å². The number of hydrogen-bond donors (Lipinski definition) is 0. The monoisotopic (exact) mass is 403 g/mol. The highest BCUT2D eigenvalue weighted by atomic mass is 32.1. The Labute approximate surface area is 175 Å². The van der Waals surface area contributed by atoms with E-state index in [2.05, 4.69) is 59.4 Å². The molecule has 0 saturated carbocycles. The van der Waals surface area contributed by atoms with Gasteiger partial charge < -0.3 is 4.90 Å². The van der Waals surface area contributed by atoms with Crippen molar-refractivity contribution in [3.8, 4) is 0 Å². The molecule has 0 unspecified atom stereocenters. The summed E-state index contributed by atoms with van der Waals surface area (Å²) in [4.78, 5) is 22.3. The maximum absolute atomic E-state index is 13.1. The summed E-state index contributed by atoms with van der Waals surface area (Å²) in [5, 5.41) is 2.93. The molecule has 2 aromatic carbocycles. The Hall–Kier alpha value is -2.50. The fraction of sp³-hybridized carbons (Fsp3) is 0.333. The van der Waals surface area contributed by atoms with Crippen LogP contribution in [0.15, 0.2) is 66.0 Å². The highest BCUT2D eigenvalue weighted by Gasteiger charge is 2.47. The number of aromatic nitrogens is 1. The SMILES string of the molecule is CN1C[C@H]2CN(C(=O)c3csc(Cc4ccccc4)n3)C[C@H]2[C@@H]1c1ccccc1. The Morgan fingerprint density at radius 3 is 2.52 bits per heavy atom. The van der Waals surface area contributed by atoms with Crippen LogP contribution in [0.1, 0.15) is 32.7 Å². The average molecular weight is 404 g/mol. The molecular formula is C24H25N3OS. The summed E-state index contributed by atoms with van der Waals surface area (Å²) in [5.41, 5.74) is 3.19. The van der Waals surface area contributed by atoms with E-state index in [1.165, 1.54) is 11.1 Å². The number of fused-ring (bicyclic) bond motifs is 1. The number of thiazole rings is 1. The average Bonchev–Trinajstić information content (AvgIpc) is 3.43. The van der Waals surface area contributed by atoms with Gasteiger partial charge in [0.1, 0.15) is 5.69 Å². The predicted molar refractivity (Wildman–Crippen MR) is 116 cm³/mol. The van der Waals surface area contributed by atoms with Crippen LogP contribution in [-0.4, -0.2) is 47.4 Å². The number of likely N-dealkylation sites (tertiary alicyclic amines) is 2. The fourth-order valence-electron chi connectivity index (χ4n) is 5.00. The molecule has 2 aliphatic rings. The molecule has 0 aliphatic carbocycles. The van der Waals surface area contributed by atoms with Crippen LogP contribution in [0.4, 0.5) is 0 Å². The van der Waals surface area contributed by atoms with Gasteiger partial charge in [-0.3, -0.25) is 9.69 Å². The largest absolute Gasteiger partial charge is 0.337 e. The lowest BCUT2D eigenvalue weighted by molar-refractivity contribution is 0.0762. The Morgan fingerprint density at radius 1 is 1.03 bits per heavy atom. The summed E-state index contributed by atoms with van der Waals surface area (Å²) in [6.45, 7) is 2.70. The van der Waals surface area contributed by atoms with Crippen molar-refractivity contribution in [2.75, 3.05) is 26.7 Å². The van der Waals surface area contributed by atoms with E-state index in [9.17, 15) is 4.79 Å². The summed E-state index contributed by atoms with van der Waals surface area (Å²) < 4.78 is 0.